The van der Waals surface area contributed by atoms with Crippen molar-refractivity contribution in [1.29, 1.82) is 0 Å². The van der Waals surface area contributed by atoms with Crippen LogP contribution in [0.25, 0.3) is 5.69 Å². The number of benzene rings is 2. The molecule has 132 valence electrons. The zero-order chi connectivity index (χ0) is 18.0. The van der Waals surface area contributed by atoms with Crippen molar-refractivity contribution in [3.63, 3.8) is 0 Å². The van der Waals surface area contributed by atoms with Crippen molar-refractivity contribution in [2.75, 3.05) is 0 Å². The van der Waals surface area contributed by atoms with Gasteiger partial charge in [0, 0.05) is 16.8 Å². The molecule has 4 rings (SSSR count). The van der Waals surface area contributed by atoms with Crippen LogP contribution in [0.4, 0.5) is 4.39 Å². The average molecular weight is 350 g/mol. The second-order valence-electron chi connectivity index (χ2n) is 6.64. The SMILES string of the molecule is O=C(NC1(c2ccccc2F)CCCC1)c1cccc(-n2cnnc2)c1. The van der Waals surface area contributed by atoms with E-state index in [2.05, 4.69) is 15.5 Å². The summed E-state index contributed by atoms with van der Waals surface area (Å²) in [5.41, 5.74) is 1.25. The van der Waals surface area contributed by atoms with E-state index in [0.717, 1.165) is 31.4 Å². The van der Waals surface area contributed by atoms with Gasteiger partial charge in [-0.2, -0.15) is 0 Å². The molecule has 0 aliphatic heterocycles. The van der Waals surface area contributed by atoms with Crippen molar-refractivity contribution >= 4 is 5.91 Å². The first-order valence-corrected chi connectivity index (χ1v) is 8.71. The van der Waals surface area contributed by atoms with Gasteiger partial charge < -0.3 is 5.32 Å². The van der Waals surface area contributed by atoms with E-state index in [4.69, 9.17) is 0 Å². The third kappa shape index (κ3) is 2.98. The van der Waals surface area contributed by atoms with Crippen molar-refractivity contribution in [2.45, 2.75) is 31.2 Å². The molecule has 1 aromatic heterocycles. The van der Waals surface area contributed by atoms with Gasteiger partial charge in [0.05, 0.1) is 5.54 Å². The minimum Gasteiger partial charge on any atom is -0.342 e. The monoisotopic (exact) mass is 350 g/mol. The fourth-order valence-electron chi connectivity index (χ4n) is 3.72. The fraction of sp³-hybridized carbons (Fsp3) is 0.250. The molecule has 0 atom stereocenters. The Hall–Kier alpha value is -3.02. The maximum atomic E-state index is 14.4. The lowest BCUT2D eigenvalue weighted by molar-refractivity contribution is 0.0896. The summed E-state index contributed by atoms with van der Waals surface area (Å²) in [6.07, 6.45) is 6.57. The first-order valence-electron chi connectivity index (χ1n) is 8.71. The molecule has 0 radical (unpaired) electrons. The van der Waals surface area contributed by atoms with Crippen molar-refractivity contribution in [2.24, 2.45) is 0 Å². The fourth-order valence-corrected chi connectivity index (χ4v) is 3.72. The van der Waals surface area contributed by atoms with Gasteiger partial charge in [-0.05, 0) is 37.1 Å². The minimum absolute atomic E-state index is 0.204. The molecule has 0 bridgehead atoms. The van der Waals surface area contributed by atoms with Crippen molar-refractivity contribution in [3.05, 3.63) is 78.1 Å². The molecule has 26 heavy (non-hydrogen) atoms. The van der Waals surface area contributed by atoms with Gasteiger partial charge in [-0.15, -0.1) is 10.2 Å². The van der Waals surface area contributed by atoms with Crippen LogP contribution in [0.2, 0.25) is 0 Å². The number of amides is 1. The number of hydrogen-bond acceptors (Lipinski definition) is 3. The third-order valence-electron chi connectivity index (χ3n) is 5.02. The van der Waals surface area contributed by atoms with Crippen LogP contribution in [0.15, 0.2) is 61.2 Å². The Morgan fingerprint density at radius 1 is 1.04 bits per heavy atom. The maximum absolute atomic E-state index is 14.4. The van der Waals surface area contributed by atoms with Crippen molar-refractivity contribution < 1.29 is 9.18 Å². The topological polar surface area (TPSA) is 59.8 Å². The van der Waals surface area contributed by atoms with E-state index in [1.54, 1.807) is 41.5 Å². The summed E-state index contributed by atoms with van der Waals surface area (Å²) in [6.45, 7) is 0. The van der Waals surface area contributed by atoms with Gasteiger partial charge >= 0.3 is 0 Å². The molecule has 1 saturated carbocycles. The van der Waals surface area contributed by atoms with E-state index in [9.17, 15) is 9.18 Å². The predicted molar refractivity (Wildman–Crippen MR) is 95.4 cm³/mol. The molecule has 1 N–H and O–H groups in total. The normalized spacial score (nSPS) is 15.7. The third-order valence-corrected chi connectivity index (χ3v) is 5.02. The van der Waals surface area contributed by atoms with Crippen molar-refractivity contribution in [1.82, 2.24) is 20.1 Å². The molecule has 1 aliphatic rings. The van der Waals surface area contributed by atoms with Crippen LogP contribution in [0, 0.1) is 5.82 Å². The van der Waals surface area contributed by atoms with Gasteiger partial charge in [-0.1, -0.05) is 37.1 Å². The van der Waals surface area contributed by atoms with Gasteiger partial charge in [0.1, 0.15) is 18.5 Å². The van der Waals surface area contributed by atoms with E-state index in [1.165, 1.54) is 6.07 Å². The van der Waals surface area contributed by atoms with Crippen LogP contribution in [0.3, 0.4) is 0 Å². The first kappa shape index (κ1) is 16.4. The average Bonchev–Trinajstić information content (AvgIpc) is 3.35. The molecular formula is C20H19FN4O. The number of carbonyl (C=O) groups is 1. The van der Waals surface area contributed by atoms with E-state index in [1.807, 2.05) is 18.2 Å². The Morgan fingerprint density at radius 3 is 2.50 bits per heavy atom. The van der Waals surface area contributed by atoms with Crippen LogP contribution in [-0.4, -0.2) is 20.7 Å². The predicted octanol–water partition coefficient (Wildman–Crippen LogP) is 3.61. The van der Waals surface area contributed by atoms with Gasteiger partial charge in [0.2, 0.25) is 0 Å². The molecule has 1 heterocycles. The van der Waals surface area contributed by atoms with Crippen LogP contribution in [0.5, 0.6) is 0 Å². The molecule has 1 fully saturated rings. The quantitative estimate of drug-likeness (QED) is 0.782. The second-order valence-corrected chi connectivity index (χ2v) is 6.64. The first-order chi connectivity index (χ1) is 12.7. The molecule has 0 unspecified atom stereocenters. The molecule has 1 aliphatic carbocycles. The number of hydrogen-bond donors (Lipinski definition) is 1. The Balaban J connectivity index is 1.64. The smallest absolute Gasteiger partial charge is 0.252 e. The Kier molecular flexibility index (Phi) is 4.24. The Morgan fingerprint density at radius 2 is 1.77 bits per heavy atom. The summed E-state index contributed by atoms with van der Waals surface area (Å²) < 4.78 is 16.2. The molecule has 6 heteroatoms. The Labute approximate surface area is 150 Å². The zero-order valence-corrected chi connectivity index (χ0v) is 14.2. The molecule has 1 amide bonds. The van der Waals surface area contributed by atoms with Crippen LogP contribution < -0.4 is 5.32 Å². The highest BCUT2D eigenvalue weighted by molar-refractivity contribution is 5.95. The molecule has 2 aromatic carbocycles. The summed E-state index contributed by atoms with van der Waals surface area (Å²) >= 11 is 0. The number of halogens is 1. The van der Waals surface area contributed by atoms with Crippen LogP contribution in [-0.2, 0) is 5.54 Å². The number of nitrogens with zero attached hydrogens (tertiary/aromatic N) is 3. The van der Waals surface area contributed by atoms with Crippen LogP contribution >= 0.6 is 0 Å². The summed E-state index contributed by atoms with van der Waals surface area (Å²) in [5, 5.41) is 10.7. The number of nitrogens with one attached hydrogen (secondary N) is 1. The number of rotatable bonds is 4. The maximum Gasteiger partial charge on any atom is 0.252 e. The standard InChI is InChI=1S/C20H19FN4O/c21-18-9-2-1-8-17(18)20(10-3-4-11-20)24-19(26)15-6-5-7-16(12-15)25-13-22-23-14-25/h1-2,5-9,12-14H,3-4,10-11H2,(H,24,26). The van der Waals surface area contributed by atoms with Gasteiger partial charge in [0.15, 0.2) is 0 Å². The molecule has 0 saturated heterocycles. The van der Waals surface area contributed by atoms with Crippen LogP contribution in [0.1, 0.15) is 41.6 Å². The molecule has 5 nitrogen and oxygen atoms in total. The van der Waals surface area contributed by atoms with Crippen molar-refractivity contribution in [3.8, 4) is 5.69 Å². The summed E-state index contributed by atoms with van der Waals surface area (Å²) in [6, 6.07) is 13.9. The number of carbonyl (C=O) groups excluding carboxylic acids is 1. The highest BCUT2D eigenvalue weighted by Gasteiger charge is 2.39. The molecule has 3 aromatic rings. The lowest BCUT2D eigenvalue weighted by Crippen LogP contribution is -2.44. The highest BCUT2D eigenvalue weighted by Crippen LogP contribution is 2.40. The second kappa shape index (κ2) is 6.71. The minimum atomic E-state index is -0.644. The lowest BCUT2D eigenvalue weighted by Gasteiger charge is -2.31. The van der Waals surface area contributed by atoms with Gasteiger partial charge in [-0.25, -0.2) is 4.39 Å². The summed E-state index contributed by atoms with van der Waals surface area (Å²) in [7, 11) is 0. The van der Waals surface area contributed by atoms with Gasteiger partial charge in [0.25, 0.3) is 5.91 Å². The van der Waals surface area contributed by atoms with E-state index >= 15 is 0 Å². The van der Waals surface area contributed by atoms with E-state index < -0.39 is 5.54 Å². The number of aromatic nitrogens is 3. The highest BCUT2D eigenvalue weighted by atomic mass is 19.1. The molecular weight excluding hydrogens is 331 g/mol. The summed E-state index contributed by atoms with van der Waals surface area (Å²) in [5.74, 6) is -0.474. The summed E-state index contributed by atoms with van der Waals surface area (Å²) in [4.78, 5) is 12.9. The molecule has 0 spiro atoms. The van der Waals surface area contributed by atoms with Gasteiger partial charge in [-0.3, -0.25) is 9.36 Å². The van der Waals surface area contributed by atoms with E-state index in [-0.39, 0.29) is 11.7 Å². The van der Waals surface area contributed by atoms with E-state index in [0.29, 0.717) is 11.1 Å². The Bertz CT molecular complexity index is 917. The largest absolute Gasteiger partial charge is 0.342 e. The zero-order valence-electron chi connectivity index (χ0n) is 14.2. The lowest BCUT2D eigenvalue weighted by atomic mass is 9.87.